The molecule has 0 amide bonds. The summed E-state index contributed by atoms with van der Waals surface area (Å²) in [5, 5.41) is 22.1. The molecule has 5 nitrogen and oxygen atoms in total. The minimum absolute atomic E-state index is 0.0829. The molecular formula is C21H14ClFN2O3S. The van der Waals surface area contributed by atoms with Gasteiger partial charge in [0.15, 0.2) is 16.7 Å². The Labute approximate surface area is 173 Å². The Morgan fingerprint density at radius 1 is 1.17 bits per heavy atom. The van der Waals surface area contributed by atoms with Crippen molar-refractivity contribution in [3.8, 4) is 28.0 Å². The average molecular weight is 429 g/mol. The van der Waals surface area contributed by atoms with Gasteiger partial charge in [-0.2, -0.15) is 0 Å². The molecule has 0 spiro atoms. The molecule has 8 heteroatoms. The molecule has 2 aromatic carbocycles. The van der Waals surface area contributed by atoms with Gasteiger partial charge in [-0.3, -0.25) is 9.36 Å². The predicted molar refractivity (Wildman–Crippen MR) is 110 cm³/mol. The van der Waals surface area contributed by atoms with Crippen molar-refractivity contribution in [2.75, 3.05) is 0 Å². The van der Waals surface area contributed by atoms with Crippen LogP contribution in [0.25, 0.3) is 26.6 Å². The second-order valence-electron chi connectivity index (χ2n) is 6.93. The number of fused-ring (bicyclic) bond motifs is 1. The van der Waals surface area contributed by atoms with Gasteiger partial charge in [0.05, 0.1) is 21.0 Å². The first-order chi connectivity index (χ1) is 14.0. The fourth-order valence-electron chi connectivity index (χ4n) is 3.42. The van der Waals surface area contributed by atoms with E-state index in [0.29, 0.717) is 23.4 Å². The molecule has 0 aliphatic heterocycles. The molecule has 1 saturated carbocycles. The number of benzene rings is 2. The summed E-state index contributed by atoms with van der Waals surface area (Å²) >= 11 is 7.44. The van der Waals surface area contributed by atoms with Gasteiger partial charge in [-0.25, -0.2) is 9.37 Å². The van der Waals surface area contributed by atoms with Crippen molar-refractivity contribution >= 4 is 38.9 Å². The third-order valence-electron chi connectivity index (χ3n) is 4.99. The van der Waals surface area contributed by atoms with Crippen molar-refractivity contribution in [2.24, 2.45) is 5.92 Å². The van der Waals surface area contributed by atoms with E-state index in [4.69, 9.17) is 11.6 Å². The number of halogens is 2. The lowest BCUT2D eigenvalue weighted by atomic mass is 10.0. The SMILES string of the molecule is O=C(c1c(O)c(O)n(-c2nc3c(Cl)cccc3s2)c1-c1ccccc1F)C1CC1. The van der Waals surface area contributed by atoms with Crippen LogP contribution in [0.1, 0.15) is 23.2 Å². The summed E-state index contributed by atoms with van der Waals surface area (Å²) in [6.45, 7) is 0. The van der Waals surface area contributed by atoms with E-state index >= 15 is 0 Å². The summed E-state index contributed by atoms with van der Waals surface area (Å²) in [6.07, 6.45) is 1.41. The summed E-state index contributed by atoms with van der Waals surface area (Å²) < 4.78 is 16.7. The lowest BCUT2D eigenvalue weighted by Gasteiger charge is -2.10. The van der Waals surface area contributed by atoms with Crippen LogP contribution in [-0.4, -0.2) is 25.5 Å². The average Bonchev–Trinajstić information content (AvgIpc) is 3.41. The minimum Gasteiger partial charge on any atom is -0.503 e. The Balaban J connectivity index is 1.85. The number of nitrogens with zero attached hydrogens (tertiary/aromatic N) is 2. The molecule has 0 atom stereocenters. The molecule has 0 bridgehead atoms. The van der Waals surface area contributed by atoms with Crippen LogP contribution in [-0.2, 0) is 0 Å². The highest BCUT2D eigenvalue weighted by atomic mass is 35.5. The second-order valence-corrected chi connectivity index (χ2v) is 8.35. The van der Waals surface area contributed by atoms with Gasteiger partial charge >= 0.3 is 0 Å². The maximum absolute atomic E-state index is 14.7. The van der Waals surface area contributed by atoms with Crippen molar-refractivity contribution in [3.05, 3.63) is 58.9 Å². The summed E-state index contributed by atoms with van der Waals surface area (Å²) in [6, 6.07) is 11.2. The zero-order valence-corrected chi connectivity index (χ0v) is 16.5. The topological polar surface area (TPSA) is 75.3 Å². The molecule has 146 valence electrons. The van der Waals surface area contributed by atoms with Crippen LogP contribution in [0.5, 0.6) is 11.6 Å². The van der Waals surface area contributed by atoms with Crippen molar-refractivity contribution in [1.82, 2.24) is 9.55 Å². The van der Waals surface area contributed by atoms with Crippen molar-refractivity contribution < 1.29 is 19.4 Å². The van der Waals surface area contributed by atoms with E-state index in [1.807, 2.05) is 6.07 Å². The van der Waals surface area contributed by atoms with Crippen LogP contribution in [0.4, 0.5) is 4.39 Å². The lowest BCUT2D eigenvalue weighted by molar-refractivity contribution is 0.0965. The molecule has 2 aromatic heterocycles. The molecule has 1 aliphatic carbocycles. The minimum atomic E-state index is -0.574. The van der Waals surface area contributed by atoms with E-state index in [2.05, 4.69) is 4.98 Å². The van der Waals surface area contributed by atoms with Crippen molar-refractivity contribution in [1.29, 1.82) is 0 Å². The number of thiazole rings is 1. The quantitative estimate of drug-likeness (QED) is 0.418. The summed E-state index contributed by atoms with van der Waals surface area (Å²) in [7, 11) is 0. The Morgan fingerprint density at radius 2 is 1.93 bits per heavy atom. The highest BCUT2D eigenvalue weighted by molar-refractivity contribution is 7.21. The van der Waals surface area contributed by atoms with Crippen molar-refractivity contribution in [3.63, 3.8) is 0 Å². The van der Waals surface area contributed by atoms with Crippen LogP contribution in [0.2, 0.25) is 5.02 Å². The molecule has 2 N–H and O–H groups in total. The summed E-state index contributed by atoms with van der Waals surface area (Å²) in [4.78, 5) is 17.4. The Hall–Kier alpha value is -2.90. The molecule has 4 aromatic rings. The summed E-state index contributed by atoms with van der Waals surface area (Å²) in [5.74, 6) is -2.23. The van der Waals surface area contributed by atoms with E-state index in [1.165, 1.54) is 34.1 Å². The number of Topliss-reactive ketones (excluding diaryl/α,β-unsaturated/α-hetero) is 1. The molecular weight excluding hydrogens is 415 g/mol. The van der Waals surface area contributed by atoms with Crippen molar-refractivity contribution in [2.45, 2.75) is 12.8 Å². The highest BCUT2D eigenvalue weighted by Crippen LogP contribution is 2.48. The number of para-hydroxylation sites is 1. The molecule has 29 heavy (non-hydrogen) atoms. The molecule has 0 unspecified atom stereocenters. The van der Waals surface area contributed by atoms with E-state index in [1.54, 1.807) is 18.2 Å². The van der Waals surface area contributed by atoms with Gasteiger partial charge in [-0.1, -0.05) is 41.1 Å². The maximum atomic E-state index is 14.7. The zero-order chi connectivity index (χ0) is 20.3. The molecule has 1 aliphatic rings. The van der Waals surface area contributed by atoms with Crippen LogP contribution in [0, 0.1) is 11.7 Å². The maximum Gasteiger partial charge on any atom is 0.242 e. The number of carbonyl (C=O) groups is 1. The molecule has 5 rings (SSSR count). The van der Waals surface area contributed by atoms with Crippen LogP contribution in [0.3, 0.4) is 0 Å². The Bertz CT molecular complexity index is 1290. The van der Waals surface area contributed by atoms with E-state index < -0.39 is 17.4 Å². The first kappa shape index (κ1) is 18.1. The van der Waals surface area contributed by atoms with E-state index in [0.717, 1.165) is 4.70 Å². The largest absolute Gasteiger partial charge is 0.503 e. The van der Waals surface area contributed by atoms with Gasteiger partial charge in [-0.05, 0) is 37.1 Å². The van der Waals surface area contributed by atoms with Gasteiger partial charge in [0, 0.05) is 11.5 Å². The zero-order valence-electron chi connectivity index (χ0n) is 14.9. The summed E-state index contributed by atoms with van der Waals surface area (Å²) in [5.41, 5.74) is 0.624. The number of ketones is 1. The predicted octanol–water partition coefficient (Wildman–Crippen LogP) is 5.55. The Morgan fingerprint density at radius 3 is 2.62 bits per heavy atom. The third-order valence-corrected chi connectivity index (χ3v) is 6.30. The number of hydrogen-bond donors (Lipinski definition) is 2. The fourth-order valence-corrected chi connectivity index (χ4v) is 4.70. The lowest BCUT2D eigenvalue weighted by Crippen LogP contribution is -2.05. The normalized spacial score (nSPS) is 13.9. The highest BCUT2D eigenvalue weighted by Gasteiger charge is 2.38. The van der Waals surface area contributed by atoms with Crippen LogP contribution >= 0.6 is 22.9 Å². The first-order valence-corrected chi connectivity index (χ1v) is 10.2. The van der Waals surface area contributed by atoms with Gasteiger partial charge in [0.25, 0.3) is 0 Å². The van der Waals surface area contributed by atoms with Gasteiger partial charge in [0.1, 0.15) is 11.3 Å². The van der Waals surface area contributed by atoms with Crippen LogP contribution in [0.15, 0.2) is 42.5 Å². The van der Waals surface area contributed by atoms with E-state index in [9.17, 15) is 19.4 Å². The van der Waals surface area contributed by atoms with Crippen LogP contribution < -0.4 is 0 Å². The van der Waals surface area contributed by atoms with Gasteiger partial charge in [-0.15, -0.1) is 0 Å². The number of rotatable bonds is 4. The number of aromatic hydroxyl groups is 2. The first-order valence-electron chi connectivity index (χ1n) is 8.98. The number of hydrogen-bond acceptors (Lipinski definition) is 5. The monoisotopic (exact) mass is 428 g/mol. The van der Waals surface area contributed by atoms with E-state index in [-0.39, 0.29) is 33.7 Å². The molecule has 2 heterocycles. The molecule has 1 fully saturated rings. The standard InChI is InChI=1S/C21H14ClFN2O3S/c22-12-5-3-7-14-16(12)24-21(29-14)25-17(11-4-1-2-6-13(11)23)15(19(27)20(25)28)18(26)10-8-9-10/h1-7,10,27-28H,8-9H2. The molecule has 0 radical (unpaired) electrons. The Kier molecular flexibility index (Phi) is 4.11. The smallest absolute Gasteiger partial charge is 0.242 e. The number of carbonyl (C=O) groups excluding carboxylic acids is 1. The number of aromatic nitrogens is 2. The van der Waals surface area contributed by atoms with Gasteiger partial charge in [0.2, 0.25) is 5.88 Å². The third kappa shape index (κ3) is 2.81. The van der Waals surface area contributed by atoms with Gasteiger partial charge < -0.3 is 10.2 Å². The molecule has 0 saturated heterocycles. The second kappa shape index (κ2) is 6.57. The fraction of sp³-hybridized carbons (Fsp3) is 0.143.